The summed E-state index contributed by atoms with van der Waals surface area (Å²) in [6.07, 6.45) is -2.99. The van der Waals surface area contributed by atoms with Gasteiger partial charge in [0, 0.05) is 48.0 Å². The molecule has 12 heteroatoms. The molecule has 0 spiro atoms. The van der Waals surface area contributed by atoms with Crippen LogP contribution in [0.5, 0.6) is 0 Å². The number of carbonyl (C=O) groups excluding carboxylic acids is 1. The average molecular weight is 613 g/mol. The van der Waals surface area contributed by atoms with Gasteiger partial charge in [0.15, 0.2) is 0 Å². The predicted octanol–water partition coefficient (Wildman–Crippen LogP) is 6.01. The number of carbonyl (C=O) groups is 2. The minimum absolute atomic E-state index is 0.0537. The third-order valence-corrected chi connectivity index (χ3v) is 7.71. The first-order valence-corrected chi connectivity index (χ1v) is 13.9. The fourth-order valence-electron chi connectivity index (χ4n) is 4.95. The highest BCUT2D eigenvalue weighted by Crippen LogP contribution is 2.38. The van der Waals surface area contributed by atoms with E-state index < -0.39 is 46.6 Å². The Bertz CT molecular complexity index is 1820. The third-order valence-electron chi connectivity index (χ3n) is 7.71. The van der Waals surface area contributed by atoms with Gasteiger partial charge in [0.2, 0.25) is 0 Å². The van der Waals surface area contributed by atoms with Crippen LogP contribution < -0.4 is 16.2 Å². The van der Waals surface area contributed by atoms with Gasteiger partial charge in [-0.15, -0.1) is 0 Å². The van der Waals surface area contributed by atoms with Crippen molar-refractivity contribution in [3.8, 4) is 11.1 Å². The highest BCUT2D eigenvalue weighted by molar-refractivity contribution is 5.99. The van der Waals surface area contributed by atoms with Gasteiger partial charge in [-0.05, 0) is 62.6 Å². The van der Waals surface area contributed by atoms with E-state index in [1.807, 2.05) is 13.8 Å². The molecule has 44 heavy (non-hydrogen) atoms. The molecule has 0 bridgehead atoms. The molecule has 2 aromatic heterocycles. The number of anilines is 1. The molecule has 0 saturated carbocycles. The zero-order valence-electron chi connectivity index (χ0n) is 24.8. The first kappa shape index (κ1) is 32.2. The van der Waals surface area contributed by atoms with Crippen molar-refractivity contribution >= 4 is 28.5 Å². The smallest absolute Gasteiger partial charge is 0.417 e. The van der Waals surface area contributed by atoms with E-state index in [1.54, 1.807) is 13.0 Å². The Balaban J connectivity index is 1.73. The maximum atomic E-state index is 15.0. The van der Waals surface area contributed by atoms with Crippen LogP contribution in [0.15, 0.2) is 53.5 Å². The number of halogens is 4. The first-order valence-electron chi connectivity index (χ1n) is 13.9. The highest BCUT2D eigenvalue weighted by atomic mass is 19.4. The molecule has 1 amide bonds. The number of aryl methyl sites for hydroxylation is 2. The van der Waals surface area contributed by atoms with Gasteiger partial charge in [0.05, 0.1) is 22.2 Å². The number of aromatic nitrogens is 2. The molecule has 4 rings (SSSR count). The number of rotatable bonds is 9. The molecule has 0 saturated heterocycles. The van der Waals surface area contributed by atoms with Crippen LogP contribution in [-0.2, 0) is 24.4 Å². The van der Waals surface area contributed by atoms with E-state index in [4.69, 9.17) is 0 Å². The van der Waals surface area contributed by atoms with E-state index >= 15 is 0 Å². The predicted molar refractivity (Wildman–Crippen MR) is 159 cm³/mol. The topological polar surface area (TPSA) is 113 Å². The minimum atomic E-state index is -4.83. The second-order valence-electron chi connectivity index (χ2n) is 10.8. The summed E-state index contributed by atoms with van der Waals surface area (Å²) in [6, 6.07) is 7.72. The summed E-state index contributed by atoms with van der Waals surface area (Å²) >= 11 is 0. The zero-order valence-corrected chi connectivity index (χ0v) is 24.8. The molecule has 0 fully saturated rings. The van der Waals surface area contributed by atoms with E-state index in [9.17, 15) is 37.1 Å². The summed E-state index contributed by atoms with van der Waals surface area (Å²) in [6.45, 7) is 6.98. The maximum Gasteiger partial charge on any atom is 0.417 e. The van der Waals surface area contributed by atoms with Crippen molar-refractivity contribution in [2.45, 2.75) is 58.8 Å². The molecule has 0 radical (unpaired) electrons. The van der Waals surface area contributed by atoms with Crippen LogP contribution in [0.2, 0.25) is 0 Å². The summed E-state index contributed by atoms with van der Waals surface area (Å²) in [5.41, 5.74) is -1.35. The van der Waals surface area contributed by atoms with Crippen molar-refractivity contribution in [2.24, 2.45) is 7.05 Å². The van der Waals surface area contributed by atoms with Gasteiger partial charge >= 0.3 is 12.1 Å². The fourth-order valence-corrected chi connectivity index (χ4v) is 4.95. The standard InChI is InChI=1S/C32H32F4N4O4/c1-6-17(3)38-25-15-24(33)22(12-16(25)2)29(41)39-26(31(43)44)14-19-9-10-21(28-20(19)8-7-11-37-28)27-23(32(34,35)36)13-18(4)40(5)30(27)42/h7-13,15,17,26,38H,6,14H2,1-5H3,(H,39,41)(H,43,44)/t17-,26-/m0/s1. The molecule has 8 nitrogen and oxygen atoms in total. The lowest BCUT2D eigenvalue weighted by molar-refractivity contribution is -0.139. The van der Waals surface area contributed by atoms with Crippen molar-refractivity contribution in [3.63, 3.8) is 0 Å². The normalized spacial score (nSPS) is 13.0. The lowest BCUT2D eigenvalue weighted by Crippen LogP contribution is -2.42. The van der Waals surface area contributed by atoms with Gasteiger partial charge in [-0.1, -0.05) is 25.1 Å². The number of benzene rings is 2. The number of carboxylic acids is 1. The Kier molecular flexibility index (Phi) is 9.12. The molecule has 2 heterocycles. The summed E-state index contributed by atoms with van der Waals surface area (Å²) in [5.74, 6) is -3.18. The first-order chi connectivity index (χ1) is 20.6. The number of hydrogen-bond donors (Lipinski definition) is 3. The van der Waals surface area contributed by atoms with Gasteiger partial charge < -0.3 is 20.3 Å². The third kappa shape index (κ3) is 6.43. The van der Waals surface area contributed by atoms with E-state index in [-0.39, 0.29) is 34.8 Å². The number of fused-ring (bicyclic) bond motifs is 1. The van der Waals surface area contributed by atoms with Crippen LogP contribution in [0.25, 0.3) is 22.0 Å². The maximum absolute atomic E-state index is 15.0. The molecule has 4 aromatic rings. The van der Waals surface area contributed by atoms with Gasteiger partial charge in [-0.25, -0.2) is 9.18 Å². The number of hydrogen-bond acceptors (Lipinski definition) is 5. The number of amides is 1. The molecule has 3 N–H and O–H groups in total. The van der Waals surface area contributed by atoms with Gasteiger partial charge in [-0.3, -0.25) is 14.6 Å². The monoisotopic (exact) mass is 612 g/mol. The molecule has 0 aliphatic carbocycles. The quantitative estimate of drug-likeness (QED) is 0.200. The molecule has 0 aliphatic heterocycles. The van der Waals surface area contributed by atoms with Crippen LogP contribution in [0.1, 0.15) is 53.0 Å². The van der Waals surface area contributed by atoms with Crippen LogP contribution in [-0.4, -0.2) is 38.6 Å². The summed E-state index contributed by atoms with van der Waals surface area (Å²) in [4.78, 5) is 42.6. The molecule has 232 valence electrons. The van der Waals surface area contributed by atoms with Crippen LogP contribution >= 0.6 is 0 Å². The van der Waals surface area contributed by atoms with Gasteiger partial charge in [0.25, 0.3) is 11.5 Å². The van der Waals surface area contributed by atoms with Crippen molar-refractivity contribution in [3.05, 3.63) is 92.8 Å². The lowest BCUT2D eigenvalue weighted by Gasteiger charge is -2.20. The van der Waals surface area contributed by atoms with Crippen molar-refractivity contribution < 1.29 is 32.3 Å². The molecule has 2 aromatic carbocycles. The van der Waals surface area contributed by atoms with E-state index in [0.29, 0.717) is 22.2 Å². The van der Waals surface area contributed by atoms with Crippen molar-refractivity contribution in [2.75, 3.05) is 5.32 Å². The Labute approximate surface area is 250 Å². The van der Waals surface area contributed by atoms with Crippen LogP contribution in [0, 0.1) is 19.7 Å². The fraction of sp³-hybridized carbons (Fsp3) is 0.312. The van der Waals surface area contributed by atoms with Gasteiger partial charge in [-0.2, -0.15) is 13.2 Å². The van der Waals surface area contributed by atoms with Crippen molar-refractivity contribution in [1.29, 1.82) is 0 Å². The number of alkyl halides is 3. The number of pyridine rings is 2. The molecular weight excluding hydrogens is 580 g/mol. The summed E-state index contributed by atoms with van der Waals surface area (Å²) < 4.78 is 58.3. The average Bonchev–Trinajstić information content (AvgIpc) is 2.96. The number of carboxylic acid groups (broad SMARTS) is 1. The second-order valence-corrected chi connectivity index (χ2v) is 10.8. The van der Waals surface area contributed by atoms with Crippen molar-refractivity contribution in [1.82, 2.24) is 14.9 Å². The highest BCUT2D eigenvalue weighted by Gasteiger charge is 2.37. The van der Waals surface area contributed by atoms with E-state index in [0.717, 1.165) is 17.1 Å². The van der Waals surface area contributed by atoms with Gasteiger partial charge in [0.1, 0.15) is 11.9 Å². The SMILES string of the molecule is CC[C@H](C)Nc1cc(F)c(C(=O)N[C@@H](Cc2ccc(-c3c(C(F)(F)F)cc(C)n(C)c3=O)c3ncccc23)C(=O)O)cc1C. The van der Waals surface area contributed by atoms with Crippen LogP contribution in [0.4, 0.5) is 23.2 Å². The number of nitrogens with one attached hydrogen (secondary N) is 2. The Morgan fingerprint density at radius 1 is 1.11 bits per heavy atom. The van der Waals surface area contributed by atoms with E-state index in [1.165, 1.54) is 50.5 Å². The summed E-state index contributed by atoms with van der Waals surface area (Å²) in [5, 5.41) is 15.8. The molecule has 0 aliphatic rings. The molecular formula is C32H32F4N4O4. The molecule has 2 atom stereocenters. The van der Waals surface area contributed by atoms with E-state index in [2.05, 4.69) is 15.6 Å². The minimum Gasteiger partial charge on any atom is -0.480 e. The Morgan fingerprint density at radius 3 is 2.45 bits per heavy atom. The number of aliphatic carboxylic acids is 1. The Morgan fingerprint density at radius 2 is 1.82 bits per heavy atom. The molecule has 0 unspecified atom stereocenters. The number of nitrogens with zero attached hydrogens (tertiary/aromatic N) is 2. The second kappa shape index (κ2) is 12.5. The van der Waals surface area contributed by atoms with Crippen LogP contribution in [0.3, 0.4) is 0 Å². The largest absolute Gasteiger partial charge is 0.480 e. The zero-order chi connectivity index (χ0) is 32.5. The Hall–Kier alpha value is -4.74. The lowest BCUT2D eigenvalue weighted by atomic mass is 9.93. The summed E-state index contributed by atoms with van der Waals surface area (Å²) in [7, 11) is 1.37.